The number of hydrogen-bond donors (Lipinski definition) is 0. The van der Waals surface area contributed by atoms with Crippen LogP contribution in [-0.4, -0.2) is 8.80 Å². The van der Waals surface area contributed by atoms with Crippen LogP contribution in [0.3, 0.4) is 0 Å². The van der Waals surface area contributed by atoms with E-state index in [1.807, 2.05) is 0 Å². The Labute approximate surface area is 117 Å². The molecule has 89 valence electrons. The van der Waals surface area contributed by atoms with Gasteiger partial charge in [-0.25, -0.2) is 0 Å². The maximum absolute atomic E-state index is 2.30. The molecule has 0 atom stereocenters. The van der Waals surface area contributed by atoms with Crippen LogP contribution in [-0.2, 0) is 0 Å². The Morgan fingerprint density at radius 1 is 0.722 bits per heavy atom. The lowest BCUT2D eigenvalue weighted by Gasteiger charge is -2.13. The third kappa shape index (κ3) is 2.34. The van der Waals surface area contributed by atoms with Gasteiger partial charge >= 0.3 is 0 Å². The van der Waals surface area contributed by atoms with Gasteiger partial charge in [0.15, 0.2) is 8.80 Å². The summed E-state index contributed by atoms with van der Waals surface area (Å²) in [5.41, 5.74) is 1.33. The minimum atomic E-state index is -0.787. The van der Waals surface area contributed by atoms with Gasteiger partial charge in [0.2, 0.25) is 0 Å². The van der Waals surface area contributed by atoms with Gasteiger partial charge in [0.05, 0.1) is 0 Å². The minimum absolute atomic E-state index is 0.787. The molecule has 0 aliphatic heterocycles. The molecule has 0 nitrogen and oxygen atoms in total. The van der Waals surface area contributed by atoms with Gasteiger partial charge in [-0.3, -0.25) is 0 Å². The Balaban J connectivity index is 2.08. The molecule has 0 aliphatic rings. The van der Waals surface area contributed by atoms with E-state index in [2.05, 4.69) is 64.8 Å². The van der Waals surface area contributed by atoms with Gasteiger partial charge in [-0.05, 0) is 38.8 Å². The zero-order valence-corrected chi connectivity index (χ0v) is 12.7. The van der Waals surface area contributed by atoms with Crippen molar-refractivity contribution in [2.75, 3.05) is 0 Å². The van der Waals surface area contributed by atoms with Gasteiger partial charge < -0.3 is 0 Å². The number of benzene rings is 1. The number of thiophene rings is 2. The second-order valence-corrected chi connectivity index (χ2v) is 8.31. The zero-order valence-electron chi connectivity index (χ0n) is 10.1. The van der Waals surface area contributed by atoms with E-state index >= 15 is 0 Å². The van der Waals surface area contributed by atoms with Gasteiger partial charge in [-0.2, -0.15) is 22.7 Å². The Bertz CT molecular complexity index is 560. The van der Waals surface area contributed by atoms with Crippen LogP contribution in [0.1, 0.15) is 5.56 Å². The predicted molar refractivity (Wildman–Crippen MR) is 84.5 cm³/mol. The standard InChI is InChI=1S/C15H13S2Si/c1-12-2-4-13(5-3-12)18(14-6-8-16-10-14)15-7-9-17-11-15/h2-11H,1H3. The molecule has 3 heteroatoms. The first kappa shape index (κ1) is 11.9. The highest BCUT2D eigenvalue weighted by molar-refractivity contribution is 7.13. The first-order valence-corrected chi connectivity index (χ1v) is 9.22. The topological polar surface area (TPSA) is 0 Å². The fourth-order valence-electron chi connectivity index (χ4n) is 2.03. The number of hydrogen-bond acceptors (Lipinski definition) is 2. The van der Waals surface area contributed by atoms with E-state index in [1.54, 1.807) is 22.7 Å². The predicted octanol–water partition coefficient (Wildman–Crippen LogP) is 2.63. The Morgan fingerprint density at radius 3 is 1.72 bits per heavy atom. The van der Waals surface area contributed by atoms with Crippen LogP contribution in [0, 0.1) is 6.92 Å². The molecule has 0 saturated carbocycles. The van der Waals surface area contributed by atoms with Crippen molar-refractivity contribution in [1.29, 1.82) is 0 Å². The lowest BCUT2D eigenvalue weighted by Crippen LogP contribution is -2.50. The molecule has 2 aromatic heterocycles. The highest BCUT2D eigenvalue weighted by atomic mass is 32.1. The molecular formula is C15H13S2Si. The van der Waals surface area contributed by atoms with Crippen molar-refractivity contribution in [3.63, 3.8) is 0 Å². The fourth-order valence-corrected chi connectivity index (χ4v) is 6.68. The van der Waals surface area contributed by atoms with Crippen molar-refractivity contribution in [2.45, 2.75) is 6.92 Å². The molecule has 0 unspecified atom stereocenters. The van der Waals surface area contributed by atoms with Gasteiger partial charge in [0.25, 0.3) is 0 Å². The van der Waals surface area contributed by atoms with E-state index in [4.69, 9.17) is 0 Å². The summed E-state index contributed by atoms with van der Waals surface area (Å²) in [6.45, 7) is 2.14. The Kier molecular flexibility index (Phi) is 3.45. The first-order valence-electron chi connectivity index (χ1n) is 5.84. The largest absolute Gasteiger partial charge is 0.156 e. The highest BCUT2D eigenvalue weighted by Gasteiger charge is 2.20. The summed E-state index contributed by atoms with van der Waals surface area (Å²) in [6.07, 6.45) is 0. The fraction of sp³-hybridized carbons (Fsp3) is 0.0667. The molecule has 0 fully saturated rings. The second-order valence-electron chi connectivity index (χ2n) is 4.27. The van der Waals surface area contributed by atoms with Gasteiger partial charge in [-0.15, -0.1) is 0 Å². The molecule has 0 amide bonds. The Hall–Kier alpha value is -1.16. The van der Waals surface area contributed by atoms with E-state index < -0.39 is 8.80 Å². The van der Waals surface area contributed by atoms with Crippen molar-refractivity contribution in [2.24, 2.45) is 0 Å². The van der Waals surface area contributed by atoms with Crippen molar-refractivity contribution in [1.82, 2.24) is 0 Å². The molecular weight excluding hydrogens is 272 g/mol. The van der Waals surface area contributed by atoms with E-state index in [0.717, 1.165) is 0 Å². The van der Waals surface area contributed by atoms with E-state index in [9.17, 15) is 0 Å². The van der Waals surface area contributed by atoms with Gasteiger partial charge in [0.1, 0.15) is 0 Å². The molecule has 0 spiro atoms. The molecule has 2 heterocycles. The molecule has 3 rings (SSSR count). The van der Waals surface area contributed by atoms with Crippen LogP contribution in [0.4, 0.5) is 0 Å². The van der Waals surface area contributed by atoms with Crippen LogP contribution in [0.15, 0.2) is 57.9 Å². The zero-order chi connectivity index (χ0) is 12.4. The van der Waals surface area contributed by atoms with Crippen LogP contribution in [0.2, 0.25) is 0 Å². The van der Waals surface area contributed by atoms with E-state index in [0.29, 0.717) is 0 Å². The van der Waals surface area contributed by atoms with E-state index in [-0.39, 0.29) is 0 Å². The van der Waals surface area contributed by atoms with Crippen molar-refractivity contribution in [3.8, 4) is 0 Å². The monoisotopic (exact) mass is 285 g/mol. The molecule has 0 bridgehead atoms. The molecule has 0 N–H and O–H groups in total. The summed E-state index contributed by atoms with van der Waals surface area (Å²) in [6, 6.07) is 13.6. The quantitative estimate of drug-likeness (QED) is 0.649. The average molecular weight is 285 g/mol. The van der Waals surface area contributed by atoms with E-state index in [1.165, 1.54) is 21.1 Å². The molecule has 3 aromatic rings. The average Bonchev–Trinajstić information content (AvgIpc) is 3.06. The molecule has 0 aliphatic carbocycles. The maximum atomic E-state index is 2.30. The SMILES string of the molecule is Cc1ccc([Si](c2ccsc2)c2ccsc2)cc1. The number of aryl methyl sites for hydroxylation is 1. The smallest absolute Gasteiger partial charge is 0.153 e. The maximum Gasteiger partial charge on any atom is 0.156 e. The van der Waals surface area contributed by atoms with Crippen LogP contribution in [0.25, 0.3) is 0 Å². The molecule has 1 radical (unpaired) electrons. The normalized spacial score (nSPS) is 11.0. The lowest BCUT2D eigenvalue weighted by molar-refractivity contribution is 1.49. The second kappa shape index (κ2) is 5.22. The van der Waals surface area contributed by atoms with Crippen LogP contribution >= 0.6 is 22.7 Å². The molecule has 18 heavy (non-hydrogen) atoms. The Morgan fingerprint density at radius 2 is 1.28 bits per heavy atom. The minimum Gasteiger partial charge on any atom is -0.153 e. The third-order valence-corrected chi connectivity index (χ3v) is 7.43. The van der Waals surface area contributed by atoms with Crippen molar-refractivity contribution in [3.05, 3.63) is 63.5 Å². The third-order valence-electron chi connectivity index (χ3n) is 2.96. The lowest BCUT2D eigenvalue weighted by atomic mass is 10.2. The summed E-state index contributed by atoms with van der Waals surface area (Å²) >= 11 is 3.58. The van der Waals surface area contributed by atoms with Crippen LogP contribution < -0.4 is 15.6 Å². The first-order chi connectivity index (χ1) is 8.84. The van der Waals surface area contributed by atoms with Gasteiger partial charge in [-0.1, -0.05) is 47.1 Å². The summed E-state index contributed by atoms with van der Waals surface area (Å²) in [5, 5.41) is 13.4. The molecule has 0 saturated heterocycles. The summed E-state index contributed by atoms with van der Waals surface area (Å²) in [4.78, 5) is 0. The number of rotatable bonds is 3. The highest BCUT2D eigenvalue weighted by Crippen LogP contribution is 2.03. The van der Waals surface area contributed by atoms with Gasteiger partial charge in [0, 0.05) is 0 Å². The summed E-state index contributed by atoms with van der Waals surface area (Å²) in [7, 11) is -0.787. The summed E-state index contributed by atoms with van der Waals surface area (Å²) in [5.74, 6) is 0. The summed E-state index contributed by atoms with van der Waals surface area (Å²) < 4.78 is 0. The van der Waals surface area contributed by atoms with Crippen LogP contribution in [0.5, 0.6) is 0 Å². The van der Waals surface area contributed by atoms with Crippen molar-refractivity contribution < 1.29 is 0 Å². The van der Waals surface area contributed by atoms with Crippen molar-refractivity contribution >= 4 is 47.0 Å². The molecule has 1 aromatic carbocycles.